The fraction of sp³-hybridized carbons (Fsp3) is 0.513. The van der Waals surface area contributed by atoms with E-state index in [1.807, 2.05) is 68.4 Å². The minimum atomic E-state index is -1.21. The molecule has 3 amide bonds. The van der Waals surface area contributed by atoms with Gasteiger partial charge in [-0.1, -0.05) is 62.8 Å². The van der Waals surface area contributed by atoms with Gasteiger partial charge in [-0.05, 0) is 68.9 Å². The number of rotatable bonds is 17. The Balaban J connectivity index is 1.61. The smallest absolute Gasteiger partial charge is 0.248 e. The molecule has 3 heterocycles. The quantitative estimate of drug-likeness (QED) is 0.236. The number of ether oxygens (including phenoxy) is 2. The summed E-state index contributed by atoms with van der Waals surface area (Å²) >= 11 is 0. The largest absolute Gasteiger partial charge is 0.494 e. The molecule has 2 unspecified atom stereocenters. The van der Waals surface area contributed by atoms with E-state index in [1.54, 1.807) is 26.9 Å². The van der Waals surface area contributed by atoms with Crippen molar-refractivity contribution in [3.05, 3.63) is 85.5 Å². The van der Waals surface area contributed by atoms with Gasteiger partial charge in [0.05, 0.1) is 36.7 Å². The van der Waals surface area contributed by atoms with Crippen molar-refractivity contribution in [2.45, 2.75) is 82.6 Å². The highest BCUT2D eigenvalue weighted by Gasteiger charge is 2.79. The minimum absolute atomic E-state index is 0.222. The van der Waals surface area contributed by atoms with Crippen molar-refractivity contribution in [1.82, 2.24) is 9.80 Å². The number of carbonyl (C=O) groups is 3. The van der Waals surface area contributed by atoms with Gasteiger partial charge >= 0.3 is 0 Å². The Bertz CT molecular complexity index is 1460. The highest BCUT2D eigenvalue weighted by atomic mass is 16.5. The predicted octanol–water partition coefficient (Wildman–Crippen LogP) is 5.18. The first kappa shape index (κ1) is 35.4. The van der Waals surface area contributed by atoms with Gasteiger partial charge in [-0.25, -0.2) is 0 Å². The summed E-state index contributed by atoms with van der Waals surface area (Å²) in [4.78, 5) is 49.7. The summed E-state index contributed by atoms with van der Waals surface area (Å²) in [5.74, 6) is -1.77. The summed E-state index contributed by atoms with van der Waals surface area (Å²) in [7, 11) is 0. The van der Waals surface area contributed by atoms with Crippen LogP contribution < -0.4 is 9.64 Å². The predicted molar refractivity (Wildman–Crippen MR) is 187 cm³/mol. The Morgan fingerprint density at radius 1 is 1.04 bits per heavy atom. The van der Waals surface area contributed by atoms with E-state index in [0.29, 0.717) is 56.8 Å². The number of fused-ring (bicyclic) bond motifs is 1. The number of amides is 3. The molecule has 2 aromatic carbocycles. The fourth-order valence-corrected chi connectivity index (χ4v) is 8.32. The molecule has 0 aliphatic carbocycles. The van der Waals surface area contributed by atoms with Crippen molar-refractivity contribution in [1.29, 1.82) is 0 Å². The van der Waals surface area contributed by atoms with Crippen molar-refractivity contribution < 1.29 is 29.0 Å². The third-order valence-corrected chi connectivity index (χ3v) is 10.5. The summed E-state index contributed by atoms with van der Waals surface area (Å²) < 4.78 is 12.7. The van der Waals surface area contributed by atoms with Crippen molar-refractivity contribution in [3.63, 3.8) is 0 Å². The van der Waals surface area contributed by atoms with Crippen LogP contribution in [0.2, 0.25) is 0 Å². The lowest BCUT2D eigenvalue weighted by molar-refractivity contribution is -0.155. The zero-order chi connectivity index (χ0) is 34.5. The first-order valence-corrected chi connectivity index (χ1v) is 17.5. The topological polar surface area (TPSA) is 99.6 Å². The number of anilines is 1. The van der Waals surface area contributed by atoms with Crippen LogP contribution in [0, 0.1) is 11.8 Å². The second-order valence-electron chi connectivity index (χ2n) is 13.2. The Morgan fingerprint density at radius 3 is 2.35 bits per heavy atom. The van der Waals surface area contributed by atoms with Crippen LogP contribution >= 0.6 is 0 Å². The van der Waals surface area contributed by atoms with Gasteiger partial charge in [-0.15, -0.1) is 13.2 Å². The Kier molecular flexibility index (Phi) is 11.1. The van der Waals surface area contributed by atoms with Crippen LogP contribution in [-0.2, 0) is 25.5 Å². The number of hydrogen-bond acceptors (Lipinski definition) is 6. The van der Waals surface area contributed by atoms with Gasteiger partial charge in [0.25, 0.3) is 0 Å². The first-order chi connectivity index (χ1) is 23.2. The van der Waals surface area contributed by atoms with Gasteiger partial charge in [-0.2, -0.15) is 0 Å². The summed E-state index contributed by atoms with van der Waals surface area (Å²) in [6.07, 6.45) is 6.96. The van der Waals surface area contributed by atoms with Crippen LogP contribution in [0.4, 0.5) is 5.69 Å². The molecule has 3 saturated heterocycles. The van der Waals surface area contributed by atoms with E-state index >= 15 is 4.79 Å². The second kappa shape index (κ2) is 15.1. The van der Waals surface area contributed by atoms with Crippen LogP contribution in [0.25, 0.3) is 0 Å². The molecule has 2 aromatic rings. The number of carbonyl (C=O) groups excluding carboxylic acids is 3. The van der Waals surface area contributed by atoms with Crippen LogP contribution in [0.1, 0.15) is 58.4 Å². The van der Waals surface area contributed by atoms with Gasteiger partial charge in [0.2, 0.25) is 17.7 Å². The maximum absolute atomic E-state index is 15.0. The molecule has 9 nitrogen and oxygen atoms in total. The van der Waals surface area contributed by atoms with Crippen molar-refractivity contribution >= 4 is 23.4 Å². The van der Waals surface area contributed by atoms with E-state index < -0.39 is 35.1 Å². The SMILES string of the molecule is C=CCN(CCCC)C(=O)C1N([C@@H](CO)Cc2ccccc2)C(=O)[C@@H]2[C@@H](C(=O)N(CC=C)c3ccc(OCC)cc3)[C@@]3(CC)CCC12O3. The van der Waals surface area contributed by atoms with Crippen molar-refractivity contribution in [2.75, 3.05) is 37.7 Å². The number of aliphatic hydroxyl groups excluding tert-OH is 1. The molecular weight excluding hydrogens is 606 g/mol. The lowest BCUT2D eigenvalue weighted by Gasteiger charge is -2.39. The molecule has 0 aromatic heterocycles. The lowest BCUT2D eigenvalue weighted by atomic mass is 9.64. The third kappa shape index (κ3) is 6.18. The van der Waals surface area contributed by atoms with E-state index in [9.17, 15) is 14.7 Å². The summed E-state index contributed by atoms with van der Waals surface area (Å²) in [6.45, 7) is 15.1. The van der Waals surface area contributed by atoms with E-state index in [1.165, 1.54) is 0 Å². The summed E-state index contributed by atoms with van der Waals surface area (Å²) in [5, 5.41) is 10.8. The zero-order valence-corrected chi connectivity index (χ0v) is 28.7. The fourth-order valence-electron chi connectivity index (χ4n) is 8.32. The number of nitrogens with zero attached hydrogens (tertiary/aromatic N) is 3. The molecule has 9 heteroatoms. The monoisotopic (exact) mass is 657 g/mol. The molecule has 3 aliphatic heterocycles. The minimum Gasteiger partial charge on any atom is -0.494 e. The highest BCUT2D eigenvalue weighted by molar-refractivity contribution is 6.03. The van der Waals surface area contributed by atoms with Gasteiger partial charge in [-0.3, -0.25) is 14.4 Å². The van der Waals surface area contributed by atoms with Crippen LogP contribution in [-0.4, -0.2) is 88.8 Å². The molecule has 0 radical (unpaired) electrons. The standard InChI is InChI=1S/C39H51N3O6/c1-6-11-25-40(23-7-2)37(46)34-39-22-21-38(9-4,48-39)32(35(44)41(24-8-3)29-17-19-31(20-18-29)47-10-5)33(39)36(45)42(34)30(27-43)26-28-15-13-12-14-16-28/h7-8,12-20,30,32-34,43H,2-3,6,9-11,21-27H2,1,4-5H3/t30-,32+,33+,34?,38-,39?/m1/s1. The Morgan fingerprint density at radius 2 is 1.75 bits per heavy atom. The number of unbranched alkanes of at least 4 members (excludes halogenated alkanes) is 1. The molecule has 3 fully saturated rings. The van der Waals surface area contributed by atoms with E-state index in [-0.39, 0.29) is 30.9 Å². The number of likely N-dealkylation sites (tertiary alicyclic amines) is 1. The highest BCUT2D eigenvalue weighted by Crippen LogP contribution is 2.65. The molecule has 2 bridgehead atoms. The molecule has 1 spiro atoms. The Labute approximate surface area is 285 Å². The van der Waals surface area contributed by atoms with E-state index in [0.717, 1.165) is 18.4 Å². The lowest BCUT2D eigenvalue weighted by Crippen LogP contribution is -2.59. The molecule has 1 N–H and O–H groups in total. The Hall–Kier alpha value is -3.95. The molecule has 5 rings (SSSR count). The van der Waals surface area contributed by atoms with Crippen LogP contribution in [0.3, 0.4) is 0 Å². The normalized spacial score (nSPS) is 26.2. The molecule has 0 saturated carbocycles. The number of benzene rings is 2. The van der Waals surface area contributed by atoms with Crippen molar-refractivity contribution in [3.8, 4) is 5.75 Å². The van der Waals surface area contributed by atoms with Gasteiger partial charge in [0, 0.05) is 25.3 Å². The zero-order valence-electron chi connectivity index (χ0n) is 28.7. The van der Waals surface area contributed by atoms with Gasteiger partial charge in [0.1, 0.15) is 17.4 Å². The third-order valence-electron chi connectivity index (χ3n) is 10.5. The summed E-state index contributed by atoms with van der Waals surface area (Å²) in [6, 6.07) is 15.3. The number of aliphatic hydroxyl groups is 1. The van der Waals surface area contributed by atoms with Crippen molar-refractivity contribution in [2.24, 2.45) is 11.8 Å². The molecule has 258 valence electrons. The van der Waals surface area contributed by atoms with Gasteiger partial charge < -0.3 is 29.3 Å². The number of hydrogen-bond donors (Lipinski definition) is 1. The maximum atomic E-state index is 15.0. The molecular formula is C39H51N3O6. The molecule has 6 atom stereocenters. The van der Waals surface area contributed by atoms with Crippen LogP contribution in [0.5, 0.6) is 5.75 Å². The van der Waals surface area contributed by atoms with Gasteiger partial charge in [0.15, 0.2) is 0 Å². The average Bonchev–Trinajstić information content (AvgIpc) is 3.72. The summed E-state index contributed by atoms with van der Waals surface area (Å²) in [5.41, 5.74) is -0.517. The average molecular weight is 658 g/mol. The van der Waals surface area contributed by atoms with E-state index in [4.69, 9.17) is 9.47 Å². The maximum Gasteiger partial charge on any atom is 0.248 e. The first-order valence-electron chi connectivity index (χ1n) is 17.5. The van der Waals surface area contributed by atoms with E-state index in [2.05, 4.69) is 20.1 Å². The molecule has 3 aliphatic rings. The molecule has 48 heavy (non-hydrogen) atoms. The second-order valence-corrected chi connectivity index (χ2v) is 13.2. The van der Waals surface area contributed by atoms with Crippen LogP contribution in [0.15, 0.2) is 79.9 Å².